The van der Waals surface area contributed by atoms with E-state index in [0.29, 0.717) is 13.2 Å². The van der Waals surface area contributed by atoms with Crippen LogP contribution in [0.3, 0.4) is 0 Å². The number of benzene rings is 1. The Kier molecular flexibility index (Phi) is 5.66. The second kappa shape index (κ2) is 6.77. The number of hydrogen-bond acceptors (Lipinski definition) is 2. The Morgan fingerprint density at radius 1 is 1.18 bits per heavy atom. The minimum Gasteiger partial charge on any atom is -0.377 e. The molecule has 0 atom stereocenters. The van der Waals surface area contributed by atoms with E-state index < -0.39 is 0 Å². The maximum Gasteiger partial charge on any atom is 0.0716 e. The molecule has 0 radical (unpaired) electrons. The largest absolute Gasteiger partial charge is 0.377 e. The van der Waals surface area contributed by atoms with Crippen molar-refractivity contribution in [1.29, 1.82) is 0 Å². The predicted molar refractivity (Wildman–Crippen MR) is 73.1 cm³/mol. The molecule has 0 aliphatic heterocycles. The van der Waals surface area contributed by atoms with Gasteiger partial charge in [-0.1, -0.05) is 45.0 Å². The van der Waals surface area contributed by atoms with Crippen LogP contribution in [-0.2, 0) is 16.8 Å². The van der Waals surface area contributed by atoms with Crippen molar-refractivity contribution in [2.45, 2.75) is 45.6 Å². The van der Waals surface area contributed by atoms with Crippen molar-refractivity contribution in [2.75, 3.05) is 13.2 Å². The molecule has 2 nitrogen and oxygen atoms in total. The first kappa shape index (κ1) is 14.2. The maximum atomic E-state index is 5.53. The average Bonchev–Trinajstić information content (AvgIpc) is 2.35. The fourth-order valence-corrected chi connectivity index (χ4v) is 1.63. The Morgan fingerprint density at radius 2 is 1.82 bits per heavy atom. The SMILES string of the molecule is CCC(C)(C)c1ccc(COCCCN)cc1. The van der Waals surface area contributed by atoms with E-state index in [2.05, 4.69) is 45.0 Å². The van der Waals surface area contributed by atoms with Crippen molar-refractivity contribution < 1.29 is 4.74 Å². The summed E-state index contributed by atoms with van der Waals surface area (Å²) in [5, 5.41) is 0. The summed E-state index contributed by atoms with van der Waals surface area (Å²) in [6.07, 6.45) is 2.08. The van der Waals surface area contributed by atoms with Crippen LogP contribution in [0.4, 0.5) is 0 Å². The summed E-state index contributed by atoms with van der Waals surface area (Å²) in [7, 11) is 0. The van der Waals surface area contributed by atoms with E-state index in [1.165, 1.54) is 11.1 Å². The summed E-state index contributed by atoms with van der Waals surface area (Å²) in [5.74, 6) is 0. The number of rotatable bonds is 7. The van der Waals surface area contributed by atoms with E-state index in [4.69, 9.17) is 10.5 Å². The predicted octanol–water partition coefficient (Wildman–Crippen LogP) is 3.24. The first-order valence-corrected chi connectivity index (χ1v) is 6.47. The van der Waals surface area contributed by atoms with Gasteiger partial charge < -0.3 is 10.5 Å². The van der Waals surface area contributed by atoms with Gasteiger partial charge in [0.05, 0.1) is 6.61 Å². The average molecular weight is 235 g/mol. The van der Waals surface area contributed by atoms with Crippen LogP contribution in [0.2, 0.25) is 0 Å². The van der Waals surface area contributed by atoms with Crippen LogP contribution in [-0.4, -0.2) is 13.2 Å². The molecule has 1 aromatic carbocycles. The zero-order chi connectivity index (χ0) is 12.7. The molecule has 96 valence electrons. The smallest absolute Gasteiger partial charge is 0.0716 e. The lowest BCUT2D eigenvalue weighted by molar-refractivity contribution is 0.120. The molecular weight excluding hydrogens is 210 g/mol. The molecule has 0 amide bonds. The maximum absolute atomic E-state index is 5.53. The third-order valence-electron chi connectivity index (χ3n) is 3.38. The lowest BCUT2D eigenvalue weighted by atomic mass is 9.82. The number of nitrogens with two attached hydrogens (primary N) is 1. The zero-order valence-electron chi connectivity index (χ0n) is 11.3. The zero-order valence-corrected chi connectivity index (χ0v) is 11.3. The van der Waals surface area contributed by atoms with Gasteiger partial charge in [-0.25, -0.2) is 0 Å². The van der Waals surface area contributed by atoms with Gasteiger partial charge in [-0.15, -0.1) is 0 Å². The third-order valence-corrected chi connectivity index (χ3v) is 3.38. The Bertz CT molecular complexity index is 316. The highest BCUT2D eigenvalue weighted by atomic mass is 16.5. The molecular formula is C15H25NO. The highest BCUT2D eigenvalue weighted by molar-refractivity contribution is 5.27. The molecule has 0 heterocycles. The molecule has 0 aliphatic carbocycles. The van der Waals surface area contributed by atoms with Gasteiger partial charge in [0.25, 0.3) is 0 Å². The van der Waals surface area contributed by atoms with Gasteiger partial charge in [-0.2, -0.15) is 0 Å². The fourth-order valence-electron chi connectivity index (χ4n) is 1.63. The van der Waals surface area contributed by atoms with E-state index in [1.807, 2.05) is 0 Å². The van der Waals surface area contributed by atoms with Crippen LogP contribution < -0.4 is 5.73 Å². The molecule has 0 aromatic heterocycles. The van der Waals surface area contributed by atoms with Crippen molar-refractivity contribution in [2.24, 2.45) is 5.73 Å². The minimum atomic E-state index is 0.263. The van der Waals surface area contributed by atoms with E-state index in [0.717, 1.165) is 19.4 Å². The van der Waals surface area contributed by atoms with Crippen molar-refractivity contribution in [3.8, 4) is 0 Å². The van der Waals surface area contributed by atoms with Crippen molar-refractivity contribution in [3.05, 3.63) is 35.4 Å². The quantitative estimate of drug-likeness (QED) is 0.736. The van der Waals surface area contributed by atoms with E-state index in [1.54, 1.807) is 0 Å². The number of ether oxygens (including phenoxy) is 1. The Balaban J connectivity index is 2.50. The van der Waals surface area contributed by atoms with Gasteiger partial charge >= 0.3 is 0 Å². The third kappa shape index (κ3) is 4.49. The molecule has 0 saturated heterocycles. The summed E-state index contributed by atoms with van der Waals surface area (Å²) in [6.45, 7) is 8.92. The van der Waals surface area contributed by atoms with Crippen LogP contribution >= 0.6 is 0 Å². The van der Waals surface area contributed by atoms with Gasteiger partial charge in [0.15, 0.2) is 0 Å². The highest BCUT2D eigenvalue weighted by Crippen LogP contribution is 2.26. The van der Waals surface area contributed by atoms with Crippen LogP contribution in [0.25, 0.3) is 0 Å². The van der Waals surface area contributed by atoms with Gasteiger partial charge in [0.1, 0.15) is 0 Å². The van der Waals surface area contributed by atoms with E-state index >= 15 is 0 Å². The summed E-state index contributed by atoms with van der Waals surface area (Å²) in [4.78, 5) is 0. The Labute approximate surface area is 105 Å². The van der Waals surface area contributed by atoms with Crippen LogP contribution in [0.5, 0.6) is 0 Å². The summed E-state index contributed by atoms with van der Waals surface area (Å²) in [5.41, 5.74) is 8.30. The molecule has 1 rings (SSSR count). The van der Waals surface area contributed by atoms with Crippen LogP contribution in [0, 0.1) is 0 Å². The second-order valence-corrected chi connectivity index (χ2v) is 5.13. The lowest BCUT2D eigenvalue weighted by Crippen LogP contribution is -2.15. The number of hydrogen-bond donors (Lipinski definition) is 1. The van der Waals surface area contributed by atoms with Crippen molar-refractivity contribution >= 4 is 0 Å². The van der Waals surface area contributed by atoms with E-state index in [9.17, 15) is 0 Å². The monoisotopic (exact) mass is 235 g/mol. The lowest BCUT2D eigenvalue weighted by Gasteiger charge is -2.23. The molecule has 0 saturated carbocycles. The highest BCUT2D eigenvalue weighted by Gasteiger charge is 2.17. The minimum absolute atomic E-state index is 0.263. The molecule has 0 aliphatic rings. The second-order valence-electron chi connectivity index (χ2n) is 5.13. The van der Waals surface area contributed by atoms with E-state index in [-0.39, 0.29) is 5.41 Å². The molecule has 0 spiro atoms. The molecule has 2 heteroatoms. The molecule has 0 unspecified atom stereocenters. The fraction of sp³-hybridized carbons (Fsp3) is 0.600. The normalized spacial score (nSPS) is 11.8. The Morgan fingerprint density at radius 3 is 2.35 bits per heavy atom. The standard InChI is InChI=1S/C15H25NO/c1-4-15(2,3)14-8-6-13(7-9-14)12-17-11-5-10-16/h6-9H,4-5,10-12,16H2,1-3H3. The summed E-state index contributed by atoms with van der Waals surface area (Å²) in [6, 6.07) is 8.75. The van der Waals surface area contributed by atoms with Crippen LogP contribution in [0.1, 0.15) is 44.7 Å². The molecule has 0 bridgehead atoms. The van der Waals surface area contributed by atoms with Gasteiger partial charge in [0.2, 0.25) is 0 Å². The van der Waals surface area contributed by atoms with Crippen LogP contribution in [0.15, 0.2) is 24.3 Å². The molecule has 2 N–H and O–H groups in total. The molecule has 0 fully saturated rings. The topological polar surface area (TPSA) is 35.2 Å². The van der Waals surface area contributed by atoms with Crippen molar-refractivity contribution in [3.63, 3.8) is 0 Å². The Hall–Kier alpha value is -0.860. The molecule has 1 aromatic rings. The van der Waals surface area contributed by atoms with Crippen molar-refractivity contribution in [1.82, 2.24) is 0 Å². The first-order valence-electron chi connectivity index (χ1n) is 6.47. The molecule has 17 heavy (non-hydrogen) atoms. The van der Waals surface area contributed by atoms with Gasteiger partial charge in [-0.3, -0.25) is 0 Å². The summed E-state index contributed by atoms with van der Waals surface area (Å²) < 4.78 is 5.53. The van der Waals surface area contributed by atoms with Gasteiger partial charge in [0, 0.05) is 6.61 Å². The van der Waals surface area contributed by atoms with Gasteiger partial charge in [-0.05, 0) is 35.9 Å². The first-order chi connectivity index (χ1) is 8.10. The summed E-state index contributed by atoms with van der Waals surface area (Å²) >= 11 is 0.